The second-order valence-electron chi connectivity index (χ2n) is 7.63. The number of morpholine rings is 1. The Morgan fingerprint density at radius 1 is 1.20 bits per heavy atom. The SMILES string of the molecule is CN1C2COCC1CC(NC(=O)c1cn(C(F)(F)C(F)(F)F)c3ncc(F)cc13)C2. The minimum atomic E-state index is -5.92. The molecule has 6 nitrogen and oxygen atoms in total. The van der Waals surface area contributed by atoms with Gasteiger partial charge in [0.05, 0.1) is 25.0 Å². The molecule has 2 saturated heterocycles. The maximum atomic E-state index is 14.0. The number of fused-ring (bicyclic) bond motifs is 3. The molecule has 0 aliphatic carbocycles. The summed E-state index contributed by atoms with van der Waals surface area (Å²) >= 11 is 0. The molecule has 2 aromatic heterocycles. The Hall–Kier alpha value is -2.34. The second-order valence-corrected chi connectivity index (χ2v) is 7.63. The van der Waals surface area contributed by atoms with E-state index in [2.05, 4.69) is 15.2 Å². The van der Waals surface area contributed by atoms with E-state index in [0.29, 0.717) is 38.4 Å². The highest BCUT2D eigenvalue weighted by Gasteiger charge is 2.60. The molecule has 0 aromatic carbocycles. The number of nitrogens with one attached hydrogen (secondary N) is 1. The number of pyridine rings is 1. The standard InChI is InChI=1S/C18H18F6N4O2/c1-27-11-3-10(4-12(27)8-30-7-11)26-16(29)14-6-28(18(23,24)17(20,21)22)15-13(14)2-9(19)5-25-15/h2,5-6,10-12H,3-4,7-8H2,1H3,(H,26,29). The molecule has 1 amide bonds. The summed E-state index contributed by atoms with van der Waals surface area (Å²) in [5.41, 5.74) is -1.33. The van der Waals surface area contributed by atoms with Crippen LogP contribution in [0.4, 0.5) is 26.3 Å². The van der Waals surface area contributed by atoms with E-state index >= 15 is 0 Å². The summed E-state index contributed by atoms with van der Waals surface area (Å²) in [5, 5.41) is 2.27. The molecule has 2 unspecified atom stereocenters. The summed E-state index contributed by atoms with van der Waals surface area (Å²) in [5.74, 6) is -1.83. The number of rotatable bonds is 3. The monoisotopic (exact) mass is 436 g/mol. The molecule has 4 rings (SSSR count). The fraction of sp³-hybridized carbons (Fsp3) is 0.556. The van der Waals surface area contributed by atoms with Crippen LogP contribution < -0.4 is 5.32 Å². The van der Waals surface area contributed by atoms with Crippen molar-refractivity contribution < 1.29 is 35.9 Å². The van der Waals surface area contributed by atoms with Gasteiger partial charge in [-0.2, -0.15) is 22.0 Å². The topological polar surface area (TPSA) is 59.4 Å². The molecule has 2 aromatic rings. The molecule has 2 bridgehead atoms. The summed E-state index contributed by atoms with van der Waals surface area (Å²) in [6.45, 7) is 0.956. The third-order valence-corrected chi connectivity index (χ3v) is 5.72. The Morgan fingerprint density at radius 2 is 1.83 bits per heavy atom. The molecular formula is C18H18F6N4O2. The highest BCUT2D eigenvalue weighted by atomic mass is 19.4. The van der Waals surface area contributed by atoms with Crippen LogP contribution in [0.5, 0.6) is 0 Å². The number of nitrogens with zero attached hydrogens (tertiary/aromatic N) is 3. The Kier molecular flexibility index (Phi) is 4.96. The fourth-order valence-electron chi connectivity index (χ4n) is 4.09. The van der Waals surface area contributed by atoms with Gasteiger partial charge in [0.2, 0.25) is 0 Å². The molecule has 164 valence electrons. The Labute approximate surface area is 166 Å². The lowest BCUT2D eigenvalue weighted by molar-refractivity contribution is -0.322. The number of aromatic nitrogens is 2. The van der Waals surface area contributed by atoms with Gasteiger partial charge in [-0.1, -0.05) is 0 Å². The van der Waals surface area contributed by atoms with Gasteiger partial charge in [-0.15, -0.1) is 0 Å². The van der Waals surface area contributed by atoms with Crippen molar-refractivity contribution in [3.8, 4) is 0 Å². The van der Waals surface area contributed by atoms with Crippen LogP contribution in [0.25, 0.3) is 11.0 Å². The maximum Gasteiger partial charge on any atom is 0.475 e. The van der Waals surface area contributed by atoms with E-state index in [1.807, 2.05) is 7.05 Å². The zero-order valence-corrected chi connectivity index (χ0v) is 15.7. The first-order valence-corrected chi connectivity index (χ1v) is 9.21. The smallest absolute Gasteiger partial charge is 0.378 e. The number of ether oxygens (including phenoxy) is 1. The van der Waals surface area contributed by atoms with Crippen molar-refractivity contribution in [2.75, 3.05) is 20.3 Å². The molecule has 12 heteroatoms. The number of carbonyl (C=O) groups excluding carboxylic acids is 1. The summed E-state index contributed by atoms with van der Waals surface area (Å²) in [6.07, 6.45) is -3.97. The van der Waals surface area contributed by atoms with Crippen LogP contribution in [-0.4, -0.2) is 64.9 Å². The van der Waals surface area contributed by atoms with Gasteiger partial charge in [0.1, 0.15) is 11.5 Å². The molecular weight excluding hydrogens is 418 g/mol. The average Bonchev–Trinajstić information content (AvgIpc) is 3.01. The van der Waals surface area contributed by atoms with Crippen LogP contribution in [0.15, 0.2) is 18.5 Å². The number of piperidine rings is 1. The van der Waals surface area contributed by atoms with Crippen molar-refractivity contribution in [1.29, 1.82) is 0 Å². The van der Waals surface area contributed by atoms with Crippen molar-refractivity contribution in [2.24, 2.45) is 0 Å². The first-order chi connectivity index (χ1) is 14.0. The van der Waals surface area contributed by atoms with E-state index in [4.69, 9.17) is 4.74 Å². The van der Waals surface area contributed by atoms with Gasteiger partial charge in [0.15, 0.2) is 0 Å². The summed E-state index contributed by atoms with van der Waals surface area (Å²) in [6, 6.07) is -4.82. The number of alkyl halides is 5. The Morgan fingerprint density at radius 3 is 2.43 bits per heavy atom. The number of carbonyl (C=O) groups is 1. The van der Waals surface area contributed by atoms with Crippen LogP contribution in [0.3, 0.4) is 0 Å². The third kappa shape index (κ3) is 3.41. The number of halogens is 6. The predicted molar refractivity (Wildman–Crippen MR) is 92.6 cm³/mol. The highest BCUT2D eigenvalue weighted by molar-refractivity contribution is 6.06. The van der Waals surface area contributed by atoms with Crippen molar-refractivity contribution in [2.45, 2.75) is 43.2 Å². The van der Waals surface area contributed by atoms with Gasteiger partial charge < -0.3 is 10.1 Å². The van der Waals surface area contributed by atoms with Crippen molar-refractivity contribution in [1.82, 2.24) is 19.8 Å². The molecule has 4 heterocycles. The molecule has 30 heavy (non-hydrogen) atoms. The minimum Gasteiger partial charge on any atom is -0.378 e. The summed E-state index contributed by atoms with van der Waals surface area (Å²) < 4.78 is 85.3. The van der Waals surface area contributed by atoms with Gasteiger partial charge in [-0.25, -0.2) is 9.37 Å². The first-order valence-electron chi connectivity index (χ1n) is 9.21. The third-order valence-electron chi connectivity index (χ3n) is 5.72. The lowest BCUT2D eigenvalue weighted by Gasteiger charge is -2.46. The predicted octanol–water partition coefficient (Wildman–Crippen LogP) is 2.88. The lowest BCUT2D eigenvalue weighted by atomic mass is 9.90. The van der Waals surface area contributed by atoms with Gasteiger partial charge in [-0.05, 0) is 26.0 Å². The second kappa shape index (κ2) is 7.12. The fourth-order valence-corrected chi connectivity index (χ4v) is 4.09. The van der Waals surface area contributed by atoms with E-state index in [1.165, 1.54) is 0 Å². The van der Waals surface area contributed by atoms with E-state index in [-0.39, 0.29) is 18.1 Å². The molecule has 2 fully saturated rings. The Balaban J connectivity index is 1.67. The molecule has 2 aliphatic heterocycles. The van der Waals surface area contributed by atoms with Gasteiger partial charge in [-0.3, -0.25) is 14.3 Å². The lowest BCUT2D eigenvalue weighted by Crippen LogP contribution is -2.59. The van der Waals surface area contributed by atoms with Crippen LogP contribution in [0, 0.1) is 5.82 Å². The van der Waals surface area contributed by atoms with E-state index in [1.54, 1.807) is 0 Å². The molecule has 1 N–H and O–H groups in total. The molecule has 0 saturated carbocycles. The normalized spacial score (nSPS) is 25.5. The average molecular weight is 436 g/mol. The van der Waals surface area contributed by atoms with Gasteiger partial charge in [0, 0.05) is 29.7 Å². The van der Waals surface area contributed by atoms with Gasteiger partial charge in [0.25, 0.3) is 5.91 Å². The van der Waals surface area contributed by atoms with E-state index < -0.39 is 45.1 Å². The van der Waals surface area contributed by atoms with E-state index in [9.17, 15) is 31.1 Å². The number of amides is 1. The first kappa shape index (κ1) is 20.9. The number of hydrogen-bond donors (Lipinski definition) is 1. The molecule has 2 aliphatic rings. The molecule has 2 atom stereocenters. The zero-order valence-electron chi connectivity index (χ0n) is 15.7. The van der Waals surface area contributed by atoms with Crippen LogP contribution in [0.2, 0.25) is 0 Å². The minimum absolute atomic E-state index is 0.0535. The van der Waals surface area contributed by atoms with Crippen LogP contribution in [-0.2, 0) is 10.8 Å². The summed E-state index contributed by atoms with van der Waals surface area (Å²) in [7, 11) is 1.94. The van der Waals surface area contributed by atoms with Gasteiger partial charge >= 0.3 is 12.2 Å². The quantitative estimate of drug-likeness (QED) is 0.752. The number of likely N-dealkylation sites (N-methyl/N-ethyl adjacent to an activating group) is 1. The van der Waals surface area contributed by atoms with Crippen LogP contribution in [0.1, 0.15) is 23.2 Å². The molecule has 0 spiro atoms. The highest BCUT2D eigenvalue weighted by Crippen LogP contribution is 2.42. The van der Waals surface area contributed by atoms with Crippen molar-refractivity contribution in [3.63, 3.8) is 0 Å². The van der Waals surface area contributed by atoms with Crippen molar-refractivity contribution >= 4 is 16.9 Å². The largest absolute Gasteiger partial charge is 0.475 e. The van der Waals surface area contributed by atoms with Crippen LogP contribution >= 0.6 is 0 Å². The van der Waals surface area contributed by atoms with Crippen molar-refractivity contribution in [3.05, 3.63) is 29.8 Å². The Bertz CT molecular complexity index is 961. The number of hydrogen-bond acceptors (Lipinski definition) is 4. The summed E-state index contributed by atoms with van der Waals surface area (Å²) in [4.78, 5) is 18.3. The van der Waals surface area contributed by atoms with E-state index in [0.717, 1.165) is 6.07 Å². The zero-order chi connectivity index (χ0) is 21.8. The molecule has 0 radical (unpaired) electrons. The maximum absolute atomic E-state index is 14.0.